The fourth-order valence-corrected chi connectivity index (χ4v) is 5.96. The van der Waals surface area contributed by atoms with Gasteiger partial charge in [-0.05, 0) is 86.5 Å². The number of hydrogen-bond acceptors (Lipinski definition) is 5. The van der Waals surface area contributed by atoms with E-state index in [4.69, 9.17) is 39.5 Å². The molecule has 0 bridgehead atoms. The molecule has 3 rings (SSSR count). The number of nitrogens with one attached hydrogen (secondary N) is 1. The molecule has 8 nitrogen and oxygen atoms in total. The fraction of sp³-hybridized carbons (Fsp3) is 0.310. The Kier molecular flexibility index (Phi) is 11.7. The van der Waals surface area contributed by atoms with E-state index >= 15 is 0 Å². The Morgan fingerprint density at radius 3 is 2.15 bits per heavy atom. The van der Waals surface area contributed by atoms with Crippen LogP contribution in [-0.4, -0.2) is 50.9 Å². The maximum absolute atomic E-state index is 14.0. The molecule has 0 aliphatic rings. The molecule has 1 atom stereocenters. The van der Waals surface area contributed by atoms with Crippen LogP contribution >= 0.6 is 34.8 Å². The Bertz CT molecular complexity index is 1450. The average Bonchev–Trinajstić information content (AvgIpc) is 2.94. The van der Waals surface area contributed by atoms with Crippen LogP contribution in [0.2, 0.25) is 15.1 Å². The minimum absolute atomic E-state index is 0.0480. The predicted molar refractivity (Wildman–Crippen MR) is 163 cm³/mol. The normalized spacial score (nSPS) is 12.0. The van der Waals surface area contributed by atoms with Crippen molar-refractivity contribution >= 4 is 62.3 Å². The van der Waals surface area contributed by atoms with Crippen LogP contribution in [0.1, 0.15) is 32.8 Å². The monoisotopic (exact) mass is 639 g/mol. The van der Waals surface area contributed by atoms with Gasteiger partial charge in [0, 0.05) is 28.2 Å². The topological polar surface area (TPSA) is 96.0 Å². The summed E-state index contributed by atoms with van der Waals surface area (Å²) in [4.78, 5) is 28.2. The number of carbonyl (C=O) groups excluding carboxylic acids is 2. The molecule has 3 aromatic carbocycles. The highest BCUT2D eigenvalue weighted by atomic mass is 35.5. The summed E-state index contributed by atoms with van der Waals surface area (Å²) in [6, 6.07) is 15.9. The zero-order valence-corrected chi connectivity index (χ0v) is 26.0. The molecule has 0 saturated heterocycles. The molecule has 41 heavy (non-hydrogen) atoms. The molecule has 2 amide bonds. The minimum Gasteiger partial charge on any atom is -0.494 e. The maximum Gasteiger partial charge on any atom is 0.264 e. The standard InChI is InChI=1S/C29H32Cl3N3O5S/c1-4-16-33-29(37)20(3)34(18-21-6-7-23(31)17-27(21)32)28(36)19-35(24-10-12-25(13-11-24)40-5-2)41(38,39)26-14-8-22(30)9-15-26/h6-15,17,20H,4-5,16,18-19H2,1-3H3,(H,33,37)/t20-/m1/s1. The van der Waals surface area contributed by atoms with Gasteiger partial charge < -0.3 is 15.0 Å². The SMILES string of the molecule is CCCNC(=O)[C@@H](C)N(Cc1ccc(Cl)cc1Cl)C(=O)CN(c1ccc(OCC)cc1)S(=O)(=O)c1ccc(Cl)cc1. The molecule has 3 aromatic rings. The van der Waals surface area contributed by atoms with Crippen LogP contribution in [0.25, 0.3) is 0 Å². The summed E-state index contributed by atoms with van der Waals surface area (Å²) < 4.78 is 34.2. The van der Waals surface area contributed by atoms with Crippen molar-refractivity contribution in [2.75, 3.05) is 24.0 Å². The number of anilines is 1. The third-order valence-electron chi connectivity index (χ3n) is 6.19. The van der Waals surface area contributed by atoms with Crippen molar-refractivity contribution in [2.45, 2.75) is 44.7 Å². The first kappa shape index (κ1) is 32.5. The number of amides is 2. The second-order valence-corrected chi connectivity index (χ2v) is 12.3. The lowest BCUT2D eigenvalue weighted by Crippen LogP contribution is -2.51. The highest BCUT2D eigenvalue weighted by Crippen LogP contribution is 2.28. The first-order valence-corrected chi connectivity index (χ1v) is 15.6. The van der Waals surface area contributed by atoms with Crippen molar-refractivity contribution in [1.82, 2.24) is 10.2 Å². The van der Waals surface area contributed by atoms with Gasteiger partial charge in [-0.1, -0.05) is 47.8 Å². The van der Waals surface area contributed by atoms with Crippen LogP contribution in [0.5, 0.6) is 5.75 Å². The average molecular weight is 641 g/mol. The summed E-state index contributed by atoms with van der Waals surface area (Å²) >= 11 is 18.4. The molecule has 0 aromatic heterocycles. The van der Waals surface area contributed by atoms with E-state index < -0.39 is 28.5 Å². The smallest absolute Gasteiger partial charge is 0.264 e. The molecule has 0 aliphatic carbocycles. The number of hydrogen-bond donors (Lipinski definition) is 1. The van der Waals surface area contributed by atoms with Gasteiger partial charge in [0.05, 0.1) is 17.2 Å². The van der Waals surface area contributed by atoms with Crippen molar-refractivity contribution in [3.63, 3.8) is 0 Å². The molecule has 1 N–H and O–H groups in total. The molecule has 0 heterocycles. The number of benzene rings is 3. The van der Waals surface area contributed by atoms with Crippen molar-refractivity contribution in [3.8, 4) is 5.75 Å². The van der Waals surface area contributed by atoms with E-state index in [0.29, 0.717) is 46.0 Å². The van der Waals surface area contributed by atoms with Gasteiger partial charge in [-0.2, -0.15) is 0 Å². The second kappa shape index (κ2) is 14.8. The number of ether oxygens (including phenoxy) is 1. The largest absolute Gasteiger partial charge is 0.494 e. The second-order valence-electron chi connectivity index (χ2n) is 9.12. The summed E-state index contributed by atoms with van der Waals surface area (Å²) in [6.45, 7) is 5.56. The zero-order chi connectivity index (χ0) is 30.2. The molecule has 220 valence electrons. The summed E-state index contributed by atoms with van der Waals surface area (Å²) in [5, 5.41) is 3.89. The van der Waals surface area contributed by atoms with Gasteiger partial charge in [-0.15, -0.1) is 0 Å². The molecule has 0 unspecified atom stereocenters. The third-order valence-corrected chi connectivity index (χ3v) is 8.82. The van der Waals surface area contributed by atoms with Gasteiger partial charge in [0.2, 0.25) is 11.8 Å². The first-order valence-electron chi connectivity index (χ1n) is 13.0. The van der Waals surface area contributed by atoms with Gasteiger partial charge in [0.25, 0.3) is 10.0 Å². The Morgan fingerprint density at radius 2 is 1.56 bits per heavy atom. The molecular formula is C29H32Cl3N3O5S. The van der Waals surface area contributed by atoms with Gasteiger partial charge in [0.15, 0.2) is 0 Å². The van der Waals surface area contributed by atoms with E-state index in [1.54, 1.807) is 49.4 Å². The Balaban J connectivity index is 2.04. The molecule has 0 radical (unpaired) electrons. The predicted octanol–water partition coefficient (Wildman–Crippen LogP) is 6.18. The van der Waals surface area contributed by atoms with E-state index in [9.17, 15) is 18.0 Å². The molecule has 0 saturated carbocycles. The third kappa shape index (κ3) is 8.52. The molecule has 0 fully saturated rings. The number of sulfonamides is 1. The van der Waals surface area contributed by atoms with Gasteiger partial charge >= 0.3 is 0 Å². The Labute approximate surface area is 256 Å². The van der Waals surface area contributed by atoms with Crippen molar-refractivity contribution in [1.29, 1.82) is 0 Å². The van der Waals surface area contributed by atoms with Crippen LogP contribution in [0, 0.1) is 0 Å². The number of rotatable bonds is 13. The van der Waals surface area contributed by atoms with E-state index in [-0.39, 0.29) is 23.0 Å². The van der Waals surface area contributed by atoms with Gasteiger partial charge in [-0.3, -0.25) is 13.9 Å². The van der Waals surface area contributed by atoms with Crippen LogP contribution in [0.3, 0.4) is 0 Å². The van der Waals surface area contributed by atoms with Crippen molar-refractivity contribution in [3.05, 3.63) is 87.4 Å². The molecule has 0 aliphatic heterocycles. The van der Waals surface area contributed by atoms with E-state index in [0.717, 1.165) is 4.31 Å². The quantitative estimate of drug-likeness (QED) is 0.241. The van der Waals surface area contributed by atoms with Gasteiger partial charge in [-0.25, -0.2) is 8.42 Å². The number of carbonyl (C=O) groups is 2. The van der Waals surface area contributed by atoms with E-state index in [1.807, 2.05) is 13.8 Å². The summed E-state index contributed by atoms with van der Waals surface area (Å²) in [6.07, 6.45) is 0.709. The lowest BCUT2D eigenvalue weighted by atomic mass is 10.1. The first-order chi connectivity index (χ1) is 19.5. The van der Waals surface area contributed by atoms with Crippen LogP contribution in [0.4, 0.5) is 5.69 Å². The van der Waals surface area contributed by atoms with Crippen molar-refractivity contribution in [2.24, 2.45) is 0 Å². The zero-order valence-electron chi connectivity index (χ0n) is 22.9. The van der Waals surface area contributed by atoms with Gasteiger partial charge in [0.1, 0.15) is 18.3 Å². The number of nitrogens with zero attached hydrogens (tertiary/aromatic N) is 2. The summed E-state index contributed by atoms with van der Waals surface area (Å²) in [7, 11) is -4.23. The lowest BCUT2D eigenvalue weighted by molar-refractivity contribution is -0.139. The van der Waals surface area contributed by atoms with E-state index in [2.05, 4.69) is 5.32 Å². The molecule has 12 heteroatoms. The number of halogens is 3. The molecule has 0 spiro atoms. The van der Waals surface area contributed by atoms with E-state index in [1.165, 1.54) is 29.2 Å². The molecular weight excluding hydrogens is 609 g/mol. The minimum atomic E-state index is -4.23. The fourth-order valence-electron chi connectivity index (χ4n) is 3.95. The van der Waals surface area contributed by atoms with Crippen LogP contribution in [-0.2, 0) is 26.2 Å². The van der Waals surface area contributed by atoms with Crippen LogP contribution in [0.15, 0.2) is 71.6 Å². The van der Waals surface area contributed by atoms with Crippen molar-refractivity contribution < 1.29 is 22.7 Å². The highest BCUT2D eigenvalue weighted by molar-refractivity contribution is 7.92. The highest BCUT2D eigenvalue weighted by Gasteiger charge is 2.32. The Morgan fingerprint density at radius 1 is 0.927 bits per heavy atom. The van der Waals surface area contributed by atoms with Crippen LogP contribution < -0.4 is 14.4 Å². The lowest BCUT2D eigenvalue weighted by Gasteiger charge is -2.32. The summed E-state index contributed by atoms with van der Waals surface area (Å²) in [5.74, 6) is -0.438. The maximum atomic E-state index is 14.0. The Hall–Kier alpha value is -2.98. The summed E-state index contributed by atoms with van der Waals surface area (Å²) in [5.41, 5.74) is 0.789.